The molecular weight excluding hydrogens is 194 g/mol. The zero-order chi connectivity index (χ0) is 11.4. The third-order valence-electron chi connectivity index (χ3n) is 3.90. The van der Waals surface area contributed by atoms with E-state index < -0.39 is 0 Å². The van der Waals surface area contributed by atoms with Crippen LogP contribution in [0.4, 0.5) is 0 Å². The highest BCUT2D eigenvalue weighted by molar-refractivity contribution is 5.14. The molecule has 0 amide bonds. The lowest BCUT2D eigenvalue weighted by molar-refractivity contribution is 0.221. The van der Waals surface area contributed by atoms with Crippen LogP contribution in [0.2, 0.25) is 0 Å². The number of hydrogen-bond donors (Lipinski definition) is 1. The van der Waals surface area contributed by atoms with Crippen LogP contribution >= 0.6 is 0 Å². The molecule has 0 spiro atoms. The molecule has 3 unspecified atom stereocenters. The summed E-state index contributed by atoms with van der Waals surface area (Å²) >= 11 is 0. The van der Waals surface area contributed by atoms with Crippen molar-refractivity contribution in [3.05, 3.63) is 35.9 Å². The molecule has 0 radical (unpaired) electrons. The molecule has 88 valence electrons. The van der Waals surface area contributed by atoms with Gasteiger partial charge in [0.1, 0.15) is 0 Å². The average Bonchev–Trinajstić information content (AvgIpc) is 2.32. The molecule has 1 heterocycles. The average molecular weight is 217 g/mol. The van der Waals surface area contributed by atoms with Crippen LogP contribution in [0, 0.1) is 11.8 Å². The van der Waals surface area contributed by atoms with Crippen molar-refractivity contribution in [1.29, 1.82) is 0 Å². The molecule has 0 saturated carbocycles. The smallest absolute Gasteiger partial charge is 0.00415 e. The fourth-order valence-corrected chi connectivity index (χ4v) is 2.72. The zero-order valence-corrected chi connectivity index (χ0v) is 10.4. The van der Waals surface area contributed by atoms with Crippen LogP contribution in [0.15, 0.2) is 30.3 Å². The molecule has 1 aliphatic heterocycles. The topological polar surface area (TPSA) is 12.0 Å². The molecule has 1 N–H and O–H groups in total. The summed E-state index contributed by atoms with van der Waals surface area (Å²) in [6.45, 7) is 5.89. The van der Waals surface area contributed by atoms with E-state index in [1.54, 1.807) is 0 Å². The van der Waals surface area contributed by atoms with Crippen LogP contribution in [-0.2, 0) is 6.42 Å². The Morgan fingerprint density at radius 1 is 1.19 bits per heavy atom. The predicted molar refractivity (Wildman–Crippen MR) is 69.5 cm³/mol. The highest BCUT2D eigenvalue weighted by Gasteiger charge is 2.24. The monoisotopic (exact) mass is 217 g/mol. The van der Waals surface area contributed by atoms with Crippen molar-refractivity contribution < 1.29 is 0 Å². The molecule has 1 nitrogen and oxygen atoms in total. The van der Waals surface area contributed by atoms with Crippen LogP contribution < -0.4 is 5.32 Å². The highest BCUT2D eigenvalue weighted by Crippen LogP contribution is 2.26. The number of nitrogens with one attached hydrogen (secondary N) is 1. The van der Waals surface area contributed by atoms with Gasteiger partial charge in [0.2, 0.25) is 0 Å². The van der Waals surface area contributed by atoms with E-state index in [1.165, 1.54) is 31.4 Å². The molecule has 1 fully saturated rings. The van der Waals surface area contributed by atoms with E-state index in [9.17, 15) is 0 Å². The van der Waals surface area contributed by atoms with Gasteiger partial charge in [-0.1, -0.05) is 37.3 Å². The molecule has 1 aromatic rings. The molecule has 1 aliphatic rings. The first kappa shape index (κ1) is 11.7. The Bertz CT molecular complexity index is 306. The van der Waals surface area contributed by atoms with Gasteiger partial charge in [0, 0.05) is 6.04 Å². The summed E-state index contributed by atoms with van der Waals surface area (Å²) in [5, 5.41) is 3.56. The Morgan fingerprint density at radius 3 is 2.69 bits per heavy atom. The van der Waals surface area contributed by atoms with Crippen molar-refractivity contribution >= 4 is 0 Å². The number of aryl methyl sites for hydroxylation is 1. The van der Waals surface area contributed by atoms with Crippen LogP contribution in [0.5, 0.6) is 0 Å². The lowest BCUT2D eigenvalue weighted by Gasteiger charge is -2.33. The molecular formula is C15H23N. The lowest BCUT2D eigenvalue weighted by atomic mass is 9.81. The van der Waals surface area contributed by atoms with E-state index >= 15 is 0 Å². The van der Waals surface area contributed by atoms with E-state index in [4.69, 9.17) is 0 Å². The maximum Gasteiger partial charge on any atom is 0.00415 e. The summed E-state index contributed by atoms with van der Waals surface area (Å²) in [6.07, 6.45) is 3.92. The third kappa shape index (κ3) is 3.08. The van der Waals surface area contributed by atoms with Crippen molar-refractivity contribution in [3.63, 3.8) is 0 Å². The number of piperidine rings is 1. The van der Waals surface area contributed by atoms with Gasteiger partial charge in [-0.2, -0.15) is 0 Å². The molecule has 0 aromatic heterocycles. The largest absolute Gasteiger partial charge is 0.314 e. The number of rotatable bonds is 3. The Hall–Kier alpha value is -0.820. The SMILES string of the molecule is CC1CC(CCc2ccccc2)C(C)CN1. The van der Waals surface area contributed by atoms with Crippen molar-refractivity contribution in [2.24, 2.45) is 11.8 Å². The molecule has 1 heteroatoms. The summed E-state index contributed by atoms with van der Waals surface area (Å²) in [7, 11) is 0. The van der Waals surface area contributed by atoms with Gasteiger partial charge in [0.05, 0.1) is 0 Å². The van der Waals surface area contributed by atoms with Gasteiger partial charge >= 0.3 is 0 Å². The van der Waals surface area contributed by atoms with Crippen LogP contribution in [0.1, 0.15) is 32.3 Å². The first-order chi connectivity index (χ1) is 7.75. The molecule has 1 saturated heterocycles. The minimum Gasteiger partial charge on any atom is -0.314 e. The summed E-state index contributed by atoms with van der Waals surface area (Å²) in [4.78, 5) is 0. The predicted octanol–water partition coefficient (Wildman–Crippen LogP) is 3.25. The molecule has 3 atom stereocenters. The van der Waals surface area contributed by atoms with Crippen molar-refractivity contribution in [1.82, 2.24) is 5.32 Å². The quantitative estimate of drug-likeness (QED) is 0.819. The second-order valence-electron chi connectivity index (χ2n) is 5.31. The summed E-state index contributed by atoms with van der Waals surface area (Å²) in [6, 6.07) is 11.6. The van der Waals surface area contributed by atoms with Gasteiger partial charge in [-0.3, -0.25) is 0 Å². The van der Waals surface area contributed by atoms with E-state index in [0.717, 1.165) is 11.8 Å². The van der Waals surface area contributed by atoms with Crippen LogP contribution in [0.3, 0.4) is 0 Å². The minimum absolute atomic E-state index is 0.706. The van der Waals surface area contributed by atoms with E-state index in [-0.39, 0.29) is 0 Å². The maximum absolute atomic E-state index is 3.56. The van der Waals surface area contributed by atoms with Gasteiger partial charge in [-0.05, 0) is 50.1 Å². The van der Waals surface area contributed by atoms with Crippen molar-refractivity contribution in [2.75, 3.05) is 6.54 Å². The normalized spacial score (nSPS) is 30.2. The molecule has 2 rings (SSSR count). The first-order valence-corrected chi connectivity index (χ1v) is 6.53. The fraction of sp³-hybridized carbons (Fsp3) is 0.600. The number of benzene rings is 1. The van der Waals surface area contributed by atoms with Crippen molar-refractivity contribution in [3.8, 4) is 0 Å². The Kier molecular flexibility index (Phi) is 4.00. The highest BCUT2D eigenvalue weighted by atomic mass is 14.9. The standard InChI is InChI=1S/C15H23N/c1-12-11-16-13(2)10-15(12)9-8-14-6-4-3-5-7-14/h3-7,12-13,15-16H,8-11H2,1-2H3. The second-order valence-corrected chi connectivity index (χ2v) is 5.31. The summed E-state index contributed by atoms with van der Waals surface area (Å²) < 4.78 is 0. The summed E-state index contributed by atoms with van der Waals surface area (Å²) in [5.74, 6) is 1.73. The summed E-state index contributed by atoms with van der Waals surface area (Å²) in [5.41, 5.74) is 1.49. The minimum atomic E-state index is 0.706. The van der Waals surface area contributed by atoms with Crippen LogP contribution in [-0.4, -0.2) is 12.6 Å². The molecule has 0 bridgehead atoms. The Balaban J connectivity index is 1.85. The Labute approximate surface area is 99.3 Å². The lowest BCUT2D eigenvalue weighted by Crippen LogP contribution is -2.41. The van der Waals surface area contributed by atoms with E-state index in [0.29, 0.717) is 6.04 Å². The van der Waals surface area contributed by atoms with Crippen molar-refractivity contribution in [2.45, 2.75) is 39.2 Å². The molecule has 0 aliphatic carbocycles. The van der Waals surface area contributed by atoms with Gasteiger partial charge in [-0.15, -0.1) is 0 Å². The van der Waals surface area contributed by atoms with Gasteiger partial charge < -0.3 is 5.32 Å². The molecule has 16 heavy (non-hydrogen) atoms. The Morgan fingerprint density at radius 2 is 1.94 bits per heavy atom. The zero-order valence-electron chi connectivity index (χ0n) is 10.4. The van der Waals surface area contributed by atoms with Gasteiger partial charge in [-0.25, -0.2) is 0 Å². The first-order valence-electron chi connectivity index (χ1n) is 6.53. The van der Waals surface area contributed by atoms with Crippen LogP contribution in [0.25, 0.3) is 0 Å². The molecule has 1 aromatic carbocycles. The van der Waals surface area contributed by atoms with Gasteiger partial charge in [0.25, 0.3) is 0 Å². The maximum atomic E-state index is 3.56. The second kappa shape index (κ2) is 5.49. The fourth-order valence-electron chi connectivity index (χ4n) is 2.72. The van der Waals surface area contributed by atoms with Gasteiger partial charge in [0.15, 0.2) is 0 Å². The van der Waals surface area contributed by atoms with E-state index in [1.807, 2.05) is 0 Å². The third-order valence-corrected chi connectivity index (χ3v) is 3.90. The van der Waals surface area contributed by atoms with E-state index in [2.05, 4.69) is 49.5 Å². The number of hydrogen-bond acceptors (Lipinski definition) is 1.